The second-order valence-electron chi connectivity index (χ2n) is 3.47. The molecule has 18 heavy (non-hydrogen) atoms. The molecule has 2 aromatic rings. The second kappa shape index (κ2) is 5.09. The number of nitrogens with one attached hydrogen (secondary N) is 1. The standard InChI is InChI=1S/C10H8Cl2N4OS/c1-5-14-15-10(18)16(5)13-4-6-2-7(11)9(17)8(12)3-6/h2-4,17H,1H3,(H,15,18)/b13-4-. The Labute approximate surface area is 118 Å². The fraction of sp³-hybridized carbons (Fsp3) is 0.100. The average molecular weight is 303 g/mol. The van der Waals surface area contributed by atoms with Crippen LogP contribution in [-0.4, -0.2) is 26.2 Å². The van der Waals surface area contributed by atoms with Crippen LogP contribution in [0.5, 0.6) is 5.75 Å². The number of nitrogens with zero attached hydrogens (tertiary/aromatic N) is 3. The average Bonchev–Trinajstić information content (AvgIpc) is 2.63. The molecule has 0 aliphatic rings. The molecule has 1 heterocycles. The van der Waals surface area contributed by atoms with Crippen molar-refractivity contribution in [3.05, 3.63) is 38.3 Å². The number of aromatic nitrogens is 3. The molecule has 0 spiro atoms. The van der Waals surface area contributed by atoms with Crippen LogP contribution in [0.3, 0.4) is 0 Å². The van der Waals surface area contributed by atoms with Crippen molar-refractivity contribution < 1.29 is 5.11 Å². The van der Waals surface area contributed by atoms with E-state index in [9.17, 15) is 5.11 Å². The van der Waals surface area contributed by atoms with Crippen LogP contribution in [0.2, 0.25) is 10.0 Å². The SMILES string of the molecule is Cc1n[nH]c(=S)n1/N=C\c1cc(Cl)c(O)c(Cl)c1. The number of benzene rings is 1. The summed E-state index contributed by atoms with van der Waals surface area (Å²) in [5.74, 6) is 0.485. The molecule has 1 aromatic heterocycles. The number of aryl methyl sites for hydroxylation is 1. The molecule has 0 aliphatic heterocycles. The lowest BCUT2D eigenvalue weighted by molar-refractivity contribution is 0.476. The van der Waals surface area contributed by atoms with E-state index in [-0.39, 0.29) is 15.8 Å². The van der Waals surface area contributed by atoms with Crippen molar-refractivity contribution in [3.8, 4) is 5.75 Å². The van der Waals surface area contributed by atoms with Crippen molar-refractivity contribution in [1.82, 2.24) is 14.9 Å². The first-order valence-electron chi connectivity index (χ1n) is 4.85. The number of aromatic hydroxyl groups is 1. The molecule has 0 unspecified atom stereocenters. The molecule has 0 bridgehead atoms. The van der Waals surface area contributed by atoms with Crippen LogP contribution in [0.1, 0.15) is 11.4 Å². The molecule has 0 saturated carbocycles. The van der Waals surface area contributed by atoms with Gasteiger partial charge in [0.2, 0.25) is 4.77 Å². The molecule has 2 rings (SSSR count). The van der Waals surface area contributed by atoms with Crippen LogP contribution in [0, 0.1) is 11.7 Å². The molecule has 0 aliphatic carbocycles. The Morgan fingerprint density at radius 2 is 2.06 bits per heavy atom. The first kappa shape index (κ1) is 13.1. The van der Waals surface area contributed by atoms with Gasteiger partial charge in [0.25, 0.3) is 0 Å². The van der Waals surface area contributed by atoms with Crippen LogP contribution in [0.25, 0.3) is 0 Å². The van der Waals surface area contributed by atoms with Gasteiger partial charge in [-0.3, -0.25) is 5.10 Å². The van der Waals surface area contributed by atoms with E-state index in [1.807, 2.05) is 0 Å². The molecule has 8 heteroatoms. The first-order chi connectivity index (χ1) is 8.49. The van der Waals surface area contributed by atoms with Crippen LogP contribution >= 0.6 is 35.4 Å². The summed E-state index contributed by atoms with van der Waals surface area (Å²) >= 11 is 16.6. The Hall–Kier alpha value is -1.37. The van der Waals surface area contributed by atoms with Gasteiger partial charge in [-0.1, -0.05) is 23.2 Å². The van der Waals surface area contributed by atoms with Crippen LogP contribution in [0.15, 0.2) is 17.2 Å². The maximum Gasteiger partial charge on any atom is 0.216 e. The third-order valence-electron chi connectivity index (χ3n) is 2.17. The van der Waals surface area contributed by atoms with Crippen molar-refractivity contribution in [2.45, 2.75) is 6.92 Å². The second-order valence-corrected chi connectivity index (χ2v) is 4.67. The van der Waals surface area contributed by atoms with E-state index in [0.717, 1.165) is 0 Å². The highest BCUT2D eigenvalue weighted by atomic mass is 35.5. The molecule has 1 aromatic carbocycles. The fourth-order valence-electron chi connectivity index (χ4n) is 1.29. The monoisotopic (exact) mass is 302 g/mol. The molecule has 2 N–H and O–H groups in total. The predicted molar refractivity (Wildman–Crippen MR) is 73.3 cm³/mol. The highest BCUT2D eigenvalue weighted by Crippen LogP contribution is 2.32. The van der Waals surface area contributed by atoms with E-state index >= 15 is 0 Å². The molecule has 0 radical (unpaired) electrons. The van der Waals surface area contributed by atoms with Crippen molar-refractivity contribution in [1.29, 1.82) is 0 Å². The van der Waals surface area contributed by atoms with Gasteiger partial charge in [-0.25, -0.2) is 0 Å². The summed E-state index contributed by atoms with van der Waals surface area (Å²) in [5.41, 5.74) is 0.644. The van der Waals surface area contributed by atoms with Crippen molar-refractivity contribution in [3.63, 3.8) is 0 Å². The van der Waals surface area contributed by atoms with E-state index < -0.39 is 0 Å². The van der Waals surface area contributed by atoms with E-state index in [2.05, 4.69) is 15.3 Å². The van der Waals surface area contributed by atoms with Crippen molar-refractivity contribution >= 4 is 41.6 Å². The van der Waals surface area contributed by atoms with Gasteiger partial charge in [0.1, 0.15) is 5.82 Å². The van der Waals surface area contributed by atoms with Crippen molar-refractivity contribution in [2.75, 3.05) is 0 Å². The van der Waals surface area contributed by atoms with Gasteiger partial charge >= 0.3 is 0 Å². The van der Waals surface area contributed by atoms with Gasteiger partial charge < -0.3 is 5.11 Å². The Balaban J connectivity index is 2.38. The molecular weight excluding hydrogens is 295 g/mol. The summed E-state index contributed by atoms with van der Waals surface area (Å²) in [6.45, 7) is 1.76. The molecule has 94 valence electrons. The van der Waals surface area contributed by atoms with Gasteiger partial charge in [0.15, 0.2) is 5.75 Å². The molecule has 0 amide bonds. The minimum absolute atomic E-state index is 0.147. The Morgan fingerprint density at radius 1 is 1.44 bits per heavy atom. The summed E-state index contributed by atoms with van der Waals surface area (Å²) < 4.78 is 1.85. The Morgan fingerprint density at radius 3 is 2.56 bits per heavy atom. The van der Waals surface area contributed by atoms with Gasteiger partial charge in [0.05, 0.1) is 16.3 Å². The Bertz CT molecular complexity index is 654. The maximum atomic E-state index is 9.43. The minimum atomic E-state index is -0.147. The normalized spacial score (nSPS) is 11.3. The van der Waals surface area contributed by atoms with E-state index in [1.54, 1.807) is 19.1 Å². The number of rotatable bonds is 2. The number of phenolic OH excluding ortho intramolecular Hbond substituents is 1. The lowest BCUT2D eigenvalue weighted by Gasteiger charge is -2.01. The molecule has 0 saturated heterocycles. The molecule has 0 atom stereocenters. The quantitative estimate of drug-likeness (QED) is 0.661. The third-order valence-corrected chi connectivity index (χ3v) is 3.01. The number of hydrogen-bond donors (Lipinski definition) is 2. The molecular formula is C10H8Cl2N4OS. The van der Waals surface area contributed by atoms with E-state index in [0.29, 0.717) is 16.2 Å². The van der Waals surface area contributed by atoms with Gasteiger partial charge in [-0.05, 0) is 36.8 Å². The summed E-state index contributed by atoms with van der Waals surface area (Å²) in [6.07, 6.45) is 1.52. The van der Waals surface area contributed by atoms with Crippen LogP contribution in [0.4, 0.5) is 0 Å². The largest absolute Gasteiger partial charge is 0.505 e. The zero-order valence-electron chi connectivity index (χ0n) is 9.19. The zero-order valence-corrected chi connectivity index (χ0v) is 11.5. The lowest BCUT2D eigenvalue weighted by atomic mass is 10.2. The smallest absolute Gasteiger partial charge is 0.216 e. The number of hydrogen-bond acceptors (Lipinski definition) is 4. The van der Waals surface area contributed by atoms with E-state index in [4.69, 9.17) is 35.4 Å². The first-order valence-corrected chi connectivity index (χ1v) is 6.02. The fourth-order valence-corrected chi connectivity index (χ4v) is 2.02. The van der Waals surface area contributed by atoms with Crippen molar-refractivity contribution in [2.24, 2.45) is 5.10 Å². The number of halogens is 2. The summed E-state index contributed by atoms with van der Waals surface area (Å²) in [7, 11) is 0. The number of phenols is 1. The topological polar surface area (TPSA) is 66.2 Å². The third kappa shape index (κ3) is 2.55. The van der Waals surface area contributed by atoms with Crippen LogP contribution < -0.4 is 0 Å². The van der Waals surface area contributed by atoms with Gasteiger partial charge in [0, 0.05) is 0 Å². The summed E-state index contributed by atoms with van der Waals surface area (Å²) in [6, 6.07) is 3.09. The van der Waals surface area contributed by atoms with Gasteiger partial charge in [-0.2, -0.15) is 14.9 Å². The zero-order chi connectivity index (χ0) is 13.3. The number of aromatic amines is 1. The highest BCUT2D eigenvalue weighted by molar-refractivity contribution is 7.71. The predicted octanol–water partition coefficient (Wildman–Crippen LogP) is 3.14. The van der Waals surface area contributed by atoms with E-state index in [1.165, 1.54) is 10.9 Å². The minimum Gasteiger partial charge on any atom is -0.505 e. The molecule has 5 nitrogen and oxygen atoms in total. The maximum absolute atomic E-state index is 9.43. The Kier molecular flexibility index (Phi) is 3.70. The summed E-state index contributed by atoms with van der Waals surface area (Å²) in [4.78, 5) is 0. The lowest BCUT2D eigenvalue weighted by Crippen LogP contribution is -1.94. The molecule has 0 fully saturated rings. The highest BCUT2D eigenvalue weighted by Gasteiger charge is 2.05. The van der Waals surface area contributed by atoms with Gasteiger partial charge in [-0.15, -0.1) is 0 Å². The number of H-pyrrole nitrogens is 1. The summed E-state index contributed by atoms with van der Waals surface area (Å²) in [5, 5.41) is 20.4. The van der Waals surface area contributed by atoms with Crippen LogP contribution in [-0.2, 0) is 0 Å².